The van der Waals surface area contributed by atoms with Gasteiger partial charge >= 0.3 is 0 Å². The first kappa shape index (κ1) is 15.7. The molecule has 1 aromatic carbocycles. The first-order valence-corrected chi connectivity index (χ1v) is 6.87. The average Bonchev–Trinajstić information content (AvgIpc) is 2.87. The molecule has 1 amide bonds. The number of nitrogen functional groups attached to an aromatic ring is 1. The van der Waals surface area contributed by atoms with Gasteiger partial charge in [0.2, 0.25) is 17.7 Å². The van der Waals surface area contributed by atoms with Crippen LogP contribution >= 0.6 is 0 Å². The van der Waals surface area contributed by atoms with Crippen LogP contribution in [-0.4, -0.2) is 21.9 Å². The maximum Gasteiger partial charge on any atom is 0.239 e. The zero-order valence-corrected chi connectivity index (χ0v) is 12.5. The molecule has 3 N–H and O–H groups in total. The molecule has 7 heteroatoms. The summed E-state index contributed by atoms with van der Waals surface area (Å²) in [6.07, 6.45) is 0.573. The van der Waals surface area contributed by atoms with Crippen molar-refractivity contribution in [2.45, 2.75) is 32.7 Å². The highest BCUT2D eigenvalue weighted by Gasteiger charge is 2.20. The zero-order chi connectivity index (χ0) is 16.1. The van der Waals surface area contributed by atoms with E-state index in [9.17, 15) is 9.59 Å². The van der Waals surface area contributed by atoms with Gasteiger partial charge in [0.05, 0.1) is 6.42 Å². The number of nitrogens with one attached hydrogen (secondary N) is 1. The molecule has 0 bridgehead atoms. The third kappa shape index (κ3) is 4.41. The third-order valence-corrected chi connectivity index (χ3v) is 2.98. The Balaban J connectivity index is 2.18. The highest BCUT2D eigenvalue weighted by atomic mass is 16.4. The van der Waals surface area contributed by atoms with Crippen LogP contribution in [0, 0.1) is 0 Å². The fourth-order valence-electron chi connectivity index (χ4n) is 2.03. The van der Waals surface area contributed by atoms with Gasteiger partial charge in [0.25, 0.3) is 0 Å². The number of carbonyl (C=O) groups excluding carboxylic acids is 2. The van der Waals surface area contributed by atoms with Crippen molar-refractivity contribution in [1.29, 1.82) is 0 Å². The molecule has 2 aromatic rings. The molecule has 1 heterocycles. The van der Waals surface area contributed by atoms with E-state index in [1.165, 1.54) is 13.8 Å². The Morgan fingerprint density at radius 2 is 1.91 bits per heavy atom. The van der Waals surface area contributed by atoms with E-state index in [1.54, 1.807) is 12.1 Å². The summed E-state index contributed by atoms with van der Waals surface area (Å²) in [6, 6.07) is 6.87. The van der Waals surface area contributed by atoms with Gasteiger partial charge in [-0.2, -0.15) is 0 Å². The minimum absolute atomic E-state index is 0.0650. The van der Waals surface area contributed by atoms with E-state index < -0.39 is 6.04 Å². The van der Waals surface area contributed by atoms with Crippen molar-refractivity contribution >= 4 is 17.4 Å². The number of ketones is 1. The Labute approximate surface area is 127 Å². The second-order valence-corrected chi connectivity index (χ2v) is 5.11. The molecule has 0 saturated heterocycles. The molecule has 0 radical (unpaired) electrons. The number of Topliss-reactive ketones (excluding diaryl/α,β-unsaturated/α-hetero) is 1. The summed E-state index contributed by atoms with van der Waals surface area (Å²) < 4.78 is 5.47. The van der Waals surface area contributed by atoms with Crippen LogP contribution in [0.4, 0.5) is 5.69 Å². The second kappa shape index (κ2) is 6.84. The predicted molar refractivity (Wildman–Crippen MR) is 79.8 cm³/mol. The van der Waals surface area contributed by atoms with Gasteiger partial charge in [-0.05, 0) is 24.6 Å². The quantitative estimate of drug-likeness (QED) is 0.776. The molecular formula is C15H18N4O3. The predicted octanol–water partition coefficient (Wildman–Crippen LogP) is 1.20. The van der Waals surface area contributed by atoms with Crippen molar-refractivity contribution in [2.24, 2.45) is 0 Å². The lowest BCUT2D eigenvalue weighted by molar-refractivity contribution is -0.120. The van der Waals surface area contributed by atoms with Gasteiger partial charge in [-0.25, -0.2) is 0 Å². The van der Waals surface area contributed by atoms with Gasteiger partial charge in [-0.3, -0.25) is 9.59 Å². The summed E-state index contributed by atoms with van der Waals surface area (Å²) in [5.41, 5.74) is 7.30. The zero-order valence-electron chi connectivity index (χ0n) is 12.5. The number of hydrogen-bond acceptors (Lipinski definition) is 6. The molecule has 0 unspecified atom stereocenters. The van der Waals surface area contributed by atoms with Crippen LogP contribution in [0.2, 0.25) is 0 Å². The Kier molecular flexibility index (Phi) is 4.88. The Hall–Kier alpha value is -2.70. The van der Waals surface area contributed by atoms with Gasteiger partial charge in [-0.1, -0.05) is 12.1 Å². The highest BCUT2D eigenvalue weighted by Crippen LogP contribution is 2.18. The van der Waals surface area contributed by atoms with E-state index in [4.69, 9.17) is 10.2 Å². The summed E-state index contributed by atoms with van der Waals surface area (Å²) in [6.45, 7) is 2.87. The lowest BCUT2D eigenvalue weighted by Crippen LogP contribution is -2.28. The molecule has 0 spiro atoms. The topological polar surface area (TPSA) is 111 Å². The van der Waals surface area contributed by atoms with Crippen LogP contribution in [0.5, 0.6) is 0 Å². The van der Waals surface area contributed by atoms with Gasteiger partial charge in [0, 0.05) is 19.0 Å². The molecule has 0 aliphatic heterocycles. The number of benzene rings is 1. The molecular weight excluding hydrogens is 284 g/mol. The molecule has 1 atom stereocenters. The number of amides is 1. The molecule has 0 fully saturated rings. The van der Waals surface area contributed by atoms with Crippen LogP contribution in [0.3, 0.4) is 0 Å². The van der Waals surface area contributed by atoms with E-state index in [0.29, 0.717) is 12.1 Å². The Morgan fingerprint density at radius 1 is 1.23 bits per heavy atom. The third-order valence-electron chi connectivity index (χ3n) is 2.98. The van der Waals surface area contributed by atoms with Crippen molar-refractivity contribution in [3.05, 3.63) is 41.6 Å². The SMILES string of the molecule is CC(=O)Cc1nnc([C@H](Cc2ccc(N)cc2)NC(C)=O)o1. The van der Waals surface area contributed by atoms with Crippen molar-refractivity contribution in [2.75, 3.05) is 5.73 Å². The normalized spacial score (nSPS) is 11.9. The second-order valence-electron chi connectivity index (χ2n) is 5.11. The fraction of sp³-hybridized carbons (Fsp3) is 0.333. The molecule has 1 aromatic heterocycles. The summed E-state index contributed by atoms with van der Waals surface area (Å²) in [5, 5.41) is 10.5. The maximum atomic E-state index is 11.4. The fourth-order valence-corrected chi connectivity index (χ4v) is 2.03. The van der Waals surface area contributed by atoms with Crippen LogP contribution < -0.4 is 11.1 Å². The molecule has 7 nitrogen and oxygen atoms in total. The monoisotopic (exact) mass is 302 g/mol. The Morgan fingerprint density at radius 3 is 2.50 bits per heavy atom. The average molecular weight is 302 g/mol. The molecule has 0 aliphatic rings. The Bertz CT molecular complexity index is 664. The summed E-state index contributed by atoms with van der Waals surface area (Å²) >= 11 is 0. The first-order chi connectivity index (χ1) is 10.4. The van der Waals surface area contributed by atoms with Crippen LogP contribution in [0.15, 0.2) is 28.7 Å². The van der Waals surface area contributed by atoms with Gasteiger partial charge in [0.15, 0.2) is 0 Å². The van der Waals surface area contributed by atoms with E-state index in [0.717, 1.165) is 5.56 Å². The van der Waals surface area contributed by atoms with Crippen molar-refractivity contribution in [3.63, 3.8) is 0 Å². The first-order valence-electron chi connectivity index (χ1n) is 6.87. The number of nitrogens with zero attached hydrogens (tertiary/aromatic N) is 2. The molecule has 0 saturated carbocycles. The van der Waals surface area contributed by atoms with E-state index in [1.807, 2.05) is 12.1 Å². The van der Waals surface area contributed by atoms with Crippen LogP contribution in [-0.2, 0) is 22.4 Å². The molecule has 2 rings (SSSR count). The number of nitrogens with two attached hydrogens (primary N) is 1. The van der Waals surface area contributed by atoms with Crippen molar-refractivity contribution in [1.82, 2.24) is 15.5 Å². The number of hydrogen-bond donors (Lipinski definition) is 2. The largest absolute Gasteiger partial charge is 0.423 e. The standard InChI is InChI=1S/C15H18N4O3/c1-9(20)7-14-18-19-15(22-14)13(17-10(2)21)8-11-3-5-12(16)6-4-11/h3-6,13H,7-8,16H2,1-2H3,(H,17,21)/t13-/m0/s1. The highest BCUT2D eigenvalue weighted by molar-refractivity contribution is 5.77. The van der Waals surface area contributed by atoms with Crippen molar-refractivity contribution < 1.29 is 14.0 Å². The maximum absolute atomic E-state index is 11.4. The van der Waals surface area contributed by atoms with Gasteiger partial charge in [-0.15, -0.1) is 10.2 Å². The summed E-state index contributed by atoms with van der Waals surface area (Å²) in [7, 11) is 0. The number of carbonyl (C=O) groups is 2. The van der Waals surface area contributed by atoms with E-state index in [-0.39, 0.29) is 29.9 Å². The van der Waals surface area contributed by atoms with E-state index >= 15 is 0 Å². The van der Waals surface area contributed by atoms with Gasteiger partial charge < -0.3 is 15.5 Å². The summed E-state index contributed by atoms with van der Waals surface area (Å²) in [5.74, 6) is 0.259. The van der Waals surface area contributed by atoms with Crippen LogP contribution in [0.1, 0.15) is 37.2 Å². The van der Waals surface area contributed by atoms with Crippen LogP contribution in [0.25, 0.3) is 0 Å². The van der Waals surface area contributed by atoms with Crippen molar-refractivity contribution in [3.8, 4) is 0 Å². The molecule has 22 heavy (non-hydrogen) atoms. The minimum Gasteiger partial charge on any atom is -0.423 e. The molecule has 0 aliphatic carbocycles. The summed E-state index contributed by atoms with van der Waals surface area (Å²) in [4.78, 5) is 22.5. The van der Waals surface area contributed by atoms with Gasteiger partial charge in [0.1, 0.15) is 11.8 Å². The van der Waals surface area contributed by atoms with E-state index in [2.05, 4.69) is 15.5 Å². The number of aromatic nitrogens is 2. The smallest absolute Gasteiger partial charge is 0.239 e. The lowest BCUT2D eigenvalue weighted by atomic mass is 10.1. The number of anilines is 1. The molecule has 116 valence electrons. The minimum atomic E-state index is -0.450. The number of rotatable bonds is 6. The lowest BCUT2D eigenvalue weighted by Gasteiger charge is -2.14.